The van der Waals surface area contributed by atoms with E-state index < -0.39 is 0 Å². The monoisotopic (exact) mass is 405 g/mol. The zero-order chi connectivity index (χ0) is 17.4. The summed E-state index contributed by atoms with van der Waals surface area (Å²) in [5, 5.41) is 0. The van der Waals surface area contributed by atoms with Crippen molar-refractivity contribution in [3.63, 3.8) is 0 Å². The van der Waals surface area contributed by atoms with Crippen LogP contribution in [0.5, 0.6) is 0 Å². The molecule has 0 heterocycles. The van der Waals surface area contributed by atoms with E-state index in [2.05, 4.69) is 34.9 Å². The lowest BCUT2D eigenvalue weighted by molar-refractivity contribution is -0.911. The molecular weight excluding hydrogens is 358 g/mol. The summed E-state index contributed by atoms with van der Waals surface area (Å²) in [5.74, 6) is 0. The summed E-state index contributed by atoms with van der Waals surface area (Å²) in [6.07, 6.45) is 21.8. The van der Waals surface area contributed by atoms with Gasteiger partial charge in [-0.15, -0.1) is 0 Å². The summed E-state index contributed by atoms with van der Waals surface area (Å²) in [4.78, 5) is 0. The smallest absolute Gasteiger partial charge is 0.0857 e. The molecule has 24 heavy (non-hydrogen) atoms. The van der Waals surface area contributed by atoms with Gasteiger partial charge in [-0.2, -0.15) is 0 Å². The Kier molecular flexibility index (Phi) is 20.3. The molecule has 0 rings (SSSR count). The molecule has 0 spiro atoms. The molecule has 0 saturated carbocycles. The van der Waals surface area contributed by atoms with E-state index in [4.69, 9.17) is 0 Å². The third kappa shape index (κ3) is 15.9. The van der Waals surface area contributed by atoms with E-state index in [1.54, 1.807) is 0 Å². The summed E-state index contributed by atoms with van der Waals surface area (Å²) in [6, 6.07) is 0.817. The van der Waals surface area contributed by atoms with E-state index in [9.17, 15) is 0 Å². The van der Waals surface area contributed by atoms with Crippen LogP contribution in [-0.4, -0.2) is 31.2 Å². The second-order valence-electron chi connectivity index (χ2n) is 8.33. The zero-order valence-electron chi connectivity index (χ0n) is 17.7. The first-order valence-electron chi connectivity index (χ1n) is 10.9. The van der Waals surface area contributed by atoms with Crippen LogP contribution in [0.4, 0.5) is 0 Å². The molecule has 1 atom stereocenters. The van der Waals surface area contributed by atoms with Crippen molar-refractivity contribution >= 4 is 0 Å². The molecular formula is C22H48BrN. The third-order valence-electron chi connectivity index (χ3n) is 5.98. The number of rotatable bonds is 17. The van der Waals surface area contributed by atoms with Crippen molar-refractivity contribution in [2.24, 2.45) is 0 Å². The second kappa shape index (κ2) is 18.2. The summed E-state index contributed by atoms with van der Waals surface area (Å²) < 4.78 is 1.18. The van der Waals surface area contributed by atoms with Crippen molar-refractivity contribution in [3.05, 3.63) is 0 Å². The number of quaternary nitrogens is 1. The first kappa shape index (κ1) is 26.7. The molecule has 0 aromatic carbocycles. The van der Waals surface area contributed by atoms with E-state index in [1.165, 1.54) is 107 Å². The first-order valence-corrected chi connectivity index (χ1v) is 10.9. The van der Waals surface area contributed by atoms with E-state index in [0.29, 0.717) is 0 Å². The highest BCUT2D eigenvalue weighted by Gasteiger charge is 2.20. The molecule has 1 nitrogen and oxygen atoms in total. The fourth-order valence-corrected chi connectivity index (χ4v) is 3.30. The van der Waals surface area contributed by atoms with Crippen molar-refractivity contribution in [1.29, 1.82) is 0 Å². The largest absolute Gasteiger partial charge is 1.00 e. The minimum Gasteiger partial charge on any atom is -1.00 e. The van der Waals surface area contributed by atoms with Gasteiger partial charge >= 0.3 is 0 Å². The lowest BCUT2D eigenvalue weighted by atomic mass is 10.0. The minimum atomic E-state index is 0. The zero-order valence-corrected chi connectivity index (χ0v) is 19.3. The number of halogens is 1. The molecule has 0 aliphatic carbocycles. The Morgan fingerprint density at radius 3 is 1.25 bits per heavy atom. The molecule has 0 radical (unpaired) electrons. The van der Waals surface area contributed by atoms with Crippen molar-refractivity contribution in [3.8, 4) is 0 Å². The van der Waals surface area contributed by atoms with E-state index >= 15 is 0 Å². The van der Waals surface area contributed by atoms with E-state index in [-0.39, 0.29) is 17.0 Å². The van der Waals surface area contributed by atoms with Gasteiger partial charge in [0.2, 0.25) is 0 Å². The van der Waals surface area contributed by atoms with Crippen LogP contribution in [0.3, 0.4) is 0 Å². The van der Waals surface area contributed by atoms with Gasteiger partial charge < -0.3 is 21.5 Å². The first-order chi connectivity index (χ1) is 11.0. The SMILES string of the molecule is CCCCCCCCCCCCCCCCC(C)[N+](C)(C)CC.[Br-]. The molecule has 0 fully saturated rings. The van der Waals surface area contributed by atoms with Gasteiger partial charge in [-0.05, 0) is 26.7 Å². The average molecular weight is 407 g/mol. The van der Waals surface area contributed by atoms with Gasteiger partial charge in [0, 0.05) is 0 Å². The van der Waals surface area contributed by atoms with Crippen LogP contribution >= 0.6 is 0 Å². The Labute approximate surface area is 165 Å². The maximum Gasteiger partial charge on any atom is 0.0857 e. The predicted molar refractivity (Wildman–Crippen MR) is 107 cm³/mol. The molecule has 0 aliphatic rings. The van der Waals surface area contributed by atoms with Gasteiger partial charge in [0.1, 0.15) is 0 Å². The van der Waals surface area contributed by atoms with Crippen LogP contribution in [0.2, 0.25) is 0 Å². The molecule has 0 aliphatic heterocycles. The van der Waals surface area contributed by atoms with Gasteiger partial charge in [-0.1, -0.05) is 90.4 Å². The van der Waals surface area contributed by atoms with Crippen LogP contribution in [-0.2, 0) is 0 Å². The summed E-state index contributed by atoms with van der Waals surface area (Å²) in [6.45, 7) is 8.28. The fourth-order valence-electron chi connectivity index (χ4n) is 3.30. The lowest BCUT2D eigenvalue weighted by Gasteiger charge is -2.35. The molecule has 148 valence electrons. The van der Waals surface area contributed by atoms with Gasteiger partial charge in [0.15, 0.2) is 0 Å². The third-order valence-corrected chi connectivity index (χ3v) is 5.98. The molecule has 0 aromatic rings. The Morgan fingerprint density at radius 2 is 0.917 bits per heavy atom. The highest BCUT2D eigenvalue weighted by molar-refractivity contribution is 4.54. The molecule has 2 heteroatoms. The van der Waals surface area contributed by atoms with Crippen LogP contribution in [0.1, 0.15) is 117 Å². The van der Waals surface area contributed by atoms with Crippen molar-refractivity contribution in [2.45, 2.75) is 123 Å². The van der Waals surface area contributed by atoms with Crippen LogP contribution in [0, 0.1) is 0 Å². The summed E-state index contributed by atoms with van der Waals surface area (Å²) >= 11 is 0. The molecule has 1 unspecified atom stereocenters. The van der Waals surface area contributed by atoms with Crippen molar-refractivity contribution in [2.75, 3.05) is 20.6 Å². The number of hydrogen-bond acceptors (Lipinski definition) is 0. The highest BCUT2D eigenvalue weighted by atomic mass is 79.9. The second-order valence-corrected chi connectivity index (χ2v) is 8.33. The average Bonchev–Trinajstić information content (AvgIpc) is 2.54. The predicted octanol–water partition coefficient (Wildman–Crippen LogP) is 4.35. The number of hydrogen-bond donors (Lipinski definition) is 0. The minimum absolute atomic E-state index is 0. The Morgan fingerprint density at radius 1 is 0.583 bits per heavy atom. The van der Waals surface area contributed by atoms with Gasteiger partial charge in [-0.25, -0.2) is 0 Å². The summed E-state index contributed by atoms with van der Waals surface area (Å²) in [7, 11) is 4.74. The van der Waals surface area contributed by atoms with Gasteiger partial charge in [0.25, 0.3) is 0 Å². The Hall–Kier alpha value is 0.440. The molecule has 0 saturated heterocycles. The van der Waals surface area contributed by atoms with Crippen molar-refractivity contribution < 1.29 is 21.5 Å². The Bertz CT molecular complexity index is 240. The van der Waals surface area contributed by atoms with Crippen LogP contribution in [0.15, 0.2) is 0 Å². The summed E-state index contributed by atoms with van der Waals surface area (Å²) in [5.41, 5.74) is 0. The quantitative estimate of drug-likeness (QED) is 0.249. The molecule has 0 amide bonds. The molecule has 0 aromatic heterocycles. The fraction of sp³-hybridized carbons (Fsp3) is 1.00. The standard InChI is InChI=1S/C22H48N.BrH/c1-6-8-9-10-11-12-13-14-15-16-17-18-19-20-21-22(3)23(4,5)7-2;/h22H,6-21H2,1-5H3;1H/q+1;/p-1. The maximum absolute atomic E-state index is 2.42. The van der Waals surface area contributed by atoms with E-state index in [0.717, 1.165) is 6.04 Å². The highest BCUT2D eigenvalue weighted by Crippen LogP contribution is 2.16. The van der Waals surface area contributed by atoms with Crippen molar-refractivity contribution in [1.82, 2.24) is 0 Å². The maximum atomic E-state index is 2.42. The normalized spacial score (nSPS) is 12.9. The Balaban J connectivity index is 0. The molecule has 0 bridgehead atoms. The van der Waals surface area contributed by atoms with E-state index in [1.807, 2.05) is 0 Å². The number of nitrogens with zero attached hydrogens (tertiary/aromatic N) is 1. The molecule has 0 N–H and O–H groups in total. The van der Waals surface area contributed by atoms with Crippen LogP contribution in [0.25, 0.3) is 0 Å². The topological polar surface area (TPSA) is 0 Å². The van der Waals surface area contributed by atoms with Gasteiger partial charge in [-0.3, -0.25) is 0 Å². The number of unbranched alkanes of at least 4 members (excludes halogenated alkanes) is 13. The van der Waals surface area contributed by atoms with Gasteiger partial charge in [0.05, 0.1) is 26.7 Å². The lowest BCUT2D eigenvalue weighted by Crippen LogP contribution is -3.00. The van der Waals surface area contributed by atoms with Crippen LogP contribution < -0.4 is 17.0 Å².